The highest BCUT2D eigenvalue weighted by atomic mass is 16.4. The lowest BCUT2D eigenvalue weighted by atomic mass is 10.2. The van der Waals surface area contributed by atoms with Gasteiger partial charge in [0.15, 0.2) is 0 Å². The van der Waals surface area contributed by atoms with Gasteiger partial charge in [0, 0.05) is 5.69 Å². The Balaban J connectivity index is 2.67. The van der Waals surface area contributed by atoms with Crippen LogP contribution in [0.4, 0.5) is 5.69 Å². The van der Waals surface area contributed by atoms with E-state index in [0.29, 0.717) is 6.42 Å². The second-order valence-corrected chi connectivity index (χ2v) is 3.30. The fourth-order valence-corrected chi connectivity index (χ4v) is 1.25. The van der Waals surface area contributed by atoms with Gasteiger partial charge in [0.1, 0.15) is 6.04 Å². The smallest absolute Gasteiger partial charge is 0.326 e. The fraction of sp³-hybridized carbons (Fsp3) is 0.364. The third-order valence-electron chi connectivity index (χ3n) is 2.18. The van der Waals surface area contributed by atoms with Crippen molar-refractivity contribution in [2.75, 3.05) is 5.32 Å². The molecule has 3 N–H and O–H groups in total. The molecule has 0 spiro atoms. The van der Waals surface area contributed by atoms with Gasteiger partial charge in [-0.1, -0.05) is 19.1 Å². The summed E-state index contributed by atoms with van der Waals surface area (Å²) >= 11 is 0. The number of hydrogen-bond donors (Lipinski definition) is 3. The summed E-state index contributed by atoms with van der Waals surface area (Å²) in [5, 5.41) is 20.6. The van der Waals surface area contributed by atoms with Gasteiger partial charge < -0.3 is 15.5 Å². The Kier molecular flexibility index (Phi) is 4.12. The number of nitrogens with one attached hydrogen (secondary N) is 1. The lowest BCUT2D eigenvalue weighted by Crippen LogP contribution is -2.28. The molecule has 1 aromatic rings. The molecule has 0 aromatic heterocycles. The Bertz CT molecular complexity index is 321. The molecule has 0 bridgehead atoms. The van der Waals surface area contributed by atoms with Gasteiger partial charge >= 0.3 is 5.97 Å². The highest BCUT2D eigenvalue weighted by Gasteiger charge is 2.13. The van der Waals surface area contributed by atoms with Crippen LogP contribution in [0.2, 0.25) is 0 Å². The zero-order chi connectivity index (χ0) is 11.3. The van der Waals surface area contributed by atoms with Crippen molar-refractivity contribution in [2.45, 2.75) is 26.0 Å². The third-order valence-corrected chi connectivity index (χ3v) is 2.18. The zero-order valence-corrected chi connectivity index (χ0v) is 8.60. The topological polar surface area (TPSA) is 69.6 Å². The molecule has 1 aromatic carbocycles. The van der Waals surface area contributed by atoms with Crippen LogP contribution in [-0.4, -0.2) is 22.2 Å². The van der Waals surface area contributed by atoms with E-state index in [1.807, 2.05) is 6.92 Å². The maximum Gasteiger partial charge on any atom is 0.326 e. The molecule has 4 nitrogen and oxygen atoms in total. The van der Waals surface area contributed by atoms with E-state index in [1.54, 1.807) is 24.3 Å². The minimum atomic E-state index is -0.858. The quantitative estimate of drug-likeness (QED) is 0.686. The van der Waals surface area contributed by atoms with Gasteiger partial charge in [-0.3, -0.25) is 0 Å². The van der Waals surface area contributed by atoms with E-state index < -0.39 is 12.0 Å². The van der Waals surface area contributed by atoms with Gasteiger partial charge in [-0.2, -0.15) is 0 Å². The summed E-state index contributed by atoms with van der Waals surface area (Å²) in [6.45, 7) is 1.81. The first-order valence-corrected chi connectivity index (χ1v) is 4.86. The number of aliphatic carboxylic acids is 1. The Labute approximate surface area is 88.6 Å². The number of hydrogen-bond acceptors (Lipinski definition) is 3. The van der Waals surface area contributed by atoms with Crippen molar-refractivity contribution in [3.63, 3.8) is 0 Å². The molecule has 82 valence electrons. The molecule has 15 heavy (non-hydrogen) atoms. The highest BCUT2D eigenvalue weighted by molar-refractivity contribution is 5.77. The van der Waals surface area contributed by atoms with Crippen LogP contribution >= 0.6 is 0 Å². The lowest BCUT2D eigenvalue weighted by molar-refractivity contribution is -0.137. The van der Waals surface area contributed by atoms with Crippen LogP contribution in [0, 0.1) is 0 Å². The van der Waals surface area contributed by atoms with Crippen molar-refractivity contribution in [1.29, 1.82) is 0 Å². The second-order valence-electron chi connectivity index (χ2n) is 3.30. The fourth-order valence-electron chi connectivity index (χ4n) is 1.25. The maximum absolute atomic E-state index is 10.8. The predicted molar refractivity (Wildman–Crippen MR) is 57.7 cm³/mol. The summed E-state index contributed by atoms with van der Waals surface area (Å²) < 4.78 is 0. The monoisotopic (exact) mass is 209 g/mol. The van der Waals surface area contributed by atoms with E-state index >= 15 is 0 Å². The normalized spacial score (nSPS) is 12.1. The number of carboxylic acid groups (broad SMARTS) is 1. The van der Waals surface area contributed by atoms with Crippen molar-refractivity contribution >= 4 is 11.7 Å². The maximum atomic E-state index is 10.8. The largest absolute Gasteiger partial charge is 0.480 e. The molecule has 0 aliphatic rings. The van der Waals surface area contributed by atoms with E-state index in [4.69, 9.17) is 10.2 Å². The van der Waals surface area contributed by atoms with Crippen molar-refractivity contribution in [2.24, 2.45) is 0 Å². The van der Waals surface area contributed by atoms with Crippen LogP contribution in [0.15, 0.2) is 24.3 Å². The minimum Gasteiger partial charge on any atom is -0.480 e. The summed E-state index contributed by atoms with van der Waals surface area (Å²) in [7, 11) is 0. The molecule has 0 aliphatic carbocycles. The Morgan fingerprint density at radius 1 is 1.40 bits per heavy atom. The molecule has 4 heteroatoms. The van der Waals surface area contributed by atoms with Crippen molar-refractivity contribution in [1.82, 2.24) is 0 Å². The first-order chi connectivity index (χ1) is 7.17. The molecule has 0 radical (unpaired) electrons. The van der Waals surface area contributed by atoms with Crippen LogP contribution in [0.5, 0.6) is 0 Å². The standard InChI is InChI=1S/C11H15NO3/c1-2-10(11(14)15)12-9-5-3-8(7-13)4-6-9/h3-6,10,12-13H,2,7H2,1H3,(H,14,15). The van der Waals surface area contributed by atoms with E-state index in [-0.39, 0.29) is 6.61 Å². The Morgan fingerprint density at radius 2 is 2.00 bits per heavy atom. The first kappa shape index (κ1) is 11.5. The van der Waals surface area contributed by atoms with Gasteiger partial charge in [-0.05, 0) is 24.1 Å². The predicted octanol–water partition coefficient (Wildman–Crippen LogP) is 1.45. The van der Waals surface area contributed by atoms with Crippen LogP contribution in [0.1, 0.15) is 18.9 Å². The number of carbonyl (C=O) groups is 1. The van der Waals surface area contributed by atoms with Gasteiger partial charge in [0.25, 0.3) is 0 Å². The molecule has 0 fully saturated rings. The van der Waals surface area contributed by atoms with Crippen molar-refractivity contribution in [3.05, 3.63) is 29.8 Å². The first-order valence-electron chi connectivity index (χ1n) is 4.86. The molecule has 0 saturated heterocycles. The van der Waals surface area contributed by atoms with E-state index in [0.717, 1.165) is 11.3 Å². The zero-order valence-electron chi connectivity index (χ0n) is 8.60. The van der Waals surface area contributed by atoms with Gasteiger partial charge in [0.05, 0.1) is 6.61 Å². The van der Waals surface area contributed by atoms with Crippen LogP contribution in [-0.2, 0) is 11.4 Å². The van der Waals surface area contributed by atoms with Gasteiger partial charge in [-0.25, -0.2) is 4.79 Å². The molecule has 1 unspecified atom stereocenters. The van der Waals surface area contributed by atoms with Crippen LogP contribution < -0.4 is 5.32 Å². The number of carboxylic acids is 1. The van der Waals surface area contributed by atoms with Crippen molar-refractivity contribution < 1.29 is 15.0 Å². The van der Waals surface area contributed by atoms with E-state index in [1.165, 1.54) is 0 Å². The van der Waals surface area contributed by atoms with Crippen molar-refractivity contribution in [3.8, 4) is 0 Å². The third kappa shape index (κ3) is 3.25. The molecule has 0 amide bonds. The molecule has 1 atom stereocenters. The van der Waals surface area contributed by atoms with E-state index in [2.05, 4.69) is 5.32 Å². The molecule has 0 aliphatic heterocycles. The number of rotatable bonds is 5. The molecular formula is C11H15NO3. The summed E-state index contributed by atoms with van der Waals surface area (Å²) in [6.07, 6.45) is 0.525. The summed E-state index contributed by atoms with van der Waals surface area (Å²) in [4.78, 5) is 10.8. The van der Waals surface area contributed by atoms with Gasteiger partial charge in [0.2, 0.25) is 0 Å². The Morgan fingerprint density at radius 3 is 2.40 bits per heavy atom. The second kappa shape index (κ2) is 5.36. The summed E-state index contributed by atoms with van der Waals surface area (Å²) in [6, 6.07) is 6.48. The number of aliphatic hydroxyl groups is 1. The number of benzene rings is 1. The Hall–Kier alpha value is -1.55. The molecular weight excluding hydrogens is 194 g/mol. The summed E-state index contributed by atoms with van der Waals surface area (Å²) in [5.74, 6) is -0.858. The number of aliphatic hydroxyl groups excluding tert-OH is 1. The van der Waals surface area contributed by atoms with Crippen LogP contribution in [0.3, 0.4) is 0 Å². The minimum absolute atomic E-state index is 0.00355. The lowest BCUT2D eigenvalue weighted by Gasteiger charge is -2.13. The average Bonchev–Trinajstić information content (AvgIpc) is 2.26. The summed E-state index contributed by atoms with van der Waals surface area (Å²) in [5.41, 5.74) is 1.56. The van der Waals surface area contributed by atoms with E-state index in [9.17, 15) is 4.79 Å². The number of anilines is 1. The highest BCUT2D eigenvalue weighted by Crippen LogP contribution is 2.11. The molecule has 0 heterocycles. The van der Waals surface area contributed by atoms with Gasteiger partial charge in [-0.15, -0.1) is 0 Å². The SMILES string of the molecule is CCC(Nc1ccc(CO)cc1)C(=O)O. The van der Waals surface area contributed by atoms with Crippen LogP contribution in [0.25, 0.3) is 0 Å². The molecule has 1 rings (SSSR count). The average molecular weight is 209 g/mol. The molecule has 0 saturated carbocycles.